The summed E-state index contributed by atoms with van der Waals surface area (Å²) >= 11 is 1.70. The van der Waals surface area contributed by atoms with E-state index in [0.717, 1.165) is 18.0 Å². The van der Waals surface area contributed by atoms with E-state index in [0.29, 0.717) is 6.54 Å². The molecule has 6 heteroatoms. The fraction of sp³-hybridized carbons (Fsp3) is 0.692. The molecule has 0 bridgehead atoms. The molecular formula is C13H24N4OS. The Morgan fingerprint density at radius 1 is 1.42 bits per heavy atom. The van der Waals surface area contributed by atoms with Crippen LogP contribution in [0.15, 0.2) is 0 Å². The summed E-state index contributed by atoms with van der Waals surface area (Å²) in [5, 5.41) is 6.76. The Morgan fingerprint density at radius 3 is 2.63 bits per heavy atom. The summed E-state index contributed by atoms with van der Waals surface area (Å²) in [6.45, 7) is 7.45. The van der Waals surface area contributed by atoms with Crippen molar-refractivity contribution in [2.75, 3.05) is 20.6 Å². The molecule has 0 aromatic carbocycles. The van der Waals surface area contributed by atoms with Gasteiger partial charge in [0.1, 0.15) is 0 Å². The van der Waals surface area contributed by atoms with Gasteiger partial charge in [0.05, 0.1) is 17.2 Å². The number of hydrogen-bond donors (Lipinski definition) is 2. The minimum atomic E-state index is 0.0340. The van der Waals surface area contributed by atoms with Crippen LogP contribution < -0.4 is 10.6 Å². The largest absolute Gasteiger partial charge is 0.336 e. The van der Waals surface area contributed by atoms with Gasteiger partial charge in [-0.2, -0.15) is 0 Å². The second-order valence-corrected chi connectivity index (χ2v) is 6.17. The van der Waals surface area contributed by atoms with E-state index in [-0.39, 0.29) is 12.1 Å². The average molecular weight is 284 g/mol. The maximum atomic E-state index is 11.8. The first-order valence-electron chi connectivity index (χ1n) is 6.57. The molecular weight excluding hydrogens is 260 g/mol. The quantitative estimate of drug-likeness (QED) is 0.826. The van der Waals surface area contributed by atoms with Gasteiger partial charge in [0.25, 0.3) is 0 Å². The number of urea groups is 1. The van der Waals surface area contributed by atoms with Crippen molar-refractivity contribution in [1.29, 1.82) is 0 Å². The fourth-order valence-electron chi connectivity index (χ4n) is 1.84. The predicted molar refractivity (Wildman–Crippen MR) is 79.6 cm³/mol. The van der Waals surface area contributed by atoms with Gasteiger partial charge in [-0.05, 0) is 34.9 Å². The highest BCUT2D eigenvalue weighted by Crippen LogP contribution is 2.24. The second-order valence-electron chi connectivity index (χ2n) is 4.88. The molecule has 0 fully saturated rings. The minimum Gasteiger partial charge on any atom is -0.336 e. The van der Waals surface area contributed by atoms with E-state index in [4.69, 9.17) is 0 Å². The van der Waals surface area contributed by atoms with E-state index >= 15 is 0 Å². The zero-order valence-corrected chi connectivity index (χ0v) is 13.2. The third-order valence-corrected chi connectivity index (χ3v) is 3.54. The Kier molecular flexibility index (Phi) is 6.24. The summed E-state index contributed by atoms with van der Waals surface area (Å²) in [7, 11) is 3.75. The monoisotopic (exact) mass is 284 g/mol. The third kappa shape index (κ3) is 4.80. The maximum absolute atomic E-state index is 11.8. The van der Waals surface area contributed by atoms with Crippen molar-refractivity contribution >= 4 is 17.4 Å². The van der Waals surface area contributed by atoms with Crippen molar-refractivity contribution in [1.82, 2.24) is 20.5 Å². The van der Waals surface area contributed by atoms with E-state index in [1.54, 1.807) is 11.3 Å². The minimum absolute atomic E-state index is 0.0340. The number of rotatable bonds is 1. The molecule has 0 saturated heterocycles. The number of fused-ring (bicyclic) bond motifs is 1. The zero-order chi connectivity index (χ0) is 14.4. The number of nitrogens with zero attached hydrogens (tertiary/aromatic N) is 2. The molecule has 1 aromatic heterocycles. The van der Waals surface area contributed by atoms with Crippen molar-refractivity contribution in [2.24, 2.45) is 0 Å². The van der Waals surface area contributed by atoms with Crippen LogP contribution in [0.4, 0.5) is 4.79 Å². The molecule has 1 aliphatic rings. The molecule has 0 spiro atoms. The number of nitrogens with one attached hydrogen (secondary N) is 2. The Hall–Kier alpha value is -1.14. The molecule has 2 amide bonds. The molecule has 0 saturated carbocycles. The predicted octanol–water partition coefficient (Wildman–Crippen LogP) is 1.76. The van der Waals surface area contributed by atoms with Gasteiger partial charge in [-0.1, -0.05) is 0 Å². The van der Waals surface area contributed by atoms with Gasteiger partial charge in [-0.25, -0.2) is 9.78 Å². The van der Waals surface area contributed by atoms with Crippen LogP contribution >= 0.6 is 11.3 Å². The first-order chi connectivity index (χ1) is 8.97. The van der Waals surface area contributed by atoms with Crippen molar-refractivity contribution in [3.63, 3.8) is 0 Å². The topological polar surface area (TPSA) is 57.3 Å². The molecule has 19 heavy (non-hydrogen) atoms. The second kappa shape index (κ2) is 7.45. The Balaban J connectivity index is 0.000000550. The highest BCUT2D eigenvalue weighted by atomic mass is 32.1. The zero-order valence-electron chi connectivity index (χ0n) is 12.4. The Labute approximate surface area is 119 Å². The van der Waals surface area contributed by atoms with E-state index in [2.05, 4.69) is 15.6 Å². The van der Waals surface area contributed by atoms with Gasteiger partial charge in [-0.3, -0.25) is 0 Å². The molecule has 108 valence electrons. The molecule has 2 heterocycles. The van der Waals surface area contributed by atoms with Crippen molar-refractivity contribution in [3.05, 3.63) is 15.6 Å². The van der Waals surface area contributed by atoms with Gasteiger partial charge >= 0.3 is 6.03 Å². The highest BCUT2D eigenvalue weighted by molar-refractivity contribution is 7.11. The molecule has 5 nitrogen and oxygen atoms in total. The first kappa shape index (κ1) is 15.9. The maximum Gasteiger partial charge on any atom is 0.317 e. The van der Waals surface area contributed by atoms with E-state index in [1.807, 2.05) is 39.8 Å². The summed E-state index contributed by atoms with van der Waals surface area (Å²) in [4.78, 5) is 19.4. The van der Waals surface area contributed by atoms with Crippen molar-refractivity contribution < 1.29 is 4.79 Å². The van der Waals surface area contributed by atoms with Crippen LogP contribution in [0.5, 0.6) is 0 Å². The van der Waals surface area contributed by atoms with Gasteiger partial charge < -0.3 is 15.5 Å². The number of carbonyl (C=O) groups excluding carboxylic acids is 1. The van der Waals surface area contributed by atoms with Crippen LogP contribution in [0.25, 0.3) is 0 Å². The van der Waals surface area contributed by atoms with Crippen LogP contribution in [0.2, 0.25) is 0 Å². The van der Waals surface area contributed by atoms with Gasteiger partial charge in [0.2, 0.25) is 0 Å². The molecule has 0 atom stereocenters. The number of thiazole rings is 1. The molecule has 2 N–H and O–H groups in total. The lowest BCUT2D eigenvalue weighted by Gasteiger charge is -2.27. The highest BCUT2D eigenvalue weighted by Gasteiger charge is 2.23. The summed E-state index contributed by atoms with van der Waals surface area (Å²) in [6, 6.07) is 0.226. The summed E-state index contributed by atoms with van der Waals surface area (Å²) in [5.41, 5.74) is 1.18. The van der Waals surface area contributed by atoms with Crippen LogP contribution in [0.1, 0.15) is 29.4 Å². The molecule has 0 radical (unpaired) electrons. The molecule has 0 unspecified atom stereocenters. The lowest BCUT2D eigenvalue weighted by molar-refractivity contribution is 0.190. The van der Waals surface area contributed by atoms with E-state index < -0.39 is 0 Å². The lowest BCUT2D eigenvalue weighted by atomic mass is 10.2. The van der Waals surface area contributed by atoms with Crippen LogP contribution in [-0.2, 0) is 13.0 Å². The lowest BCUT2D eigenvalue weighted by Crippen LogP contribution is -2.44. The molecule has 1 aromatic rings. The van der Waals surface area contributed by atoms with Crippen LogP contribution in [0, 0.1) is 6.92 Å². The van der Waals surface area contributed by atoms with Crippen molar-refractivity contribution in [2.45, 2.75) is 39.8 Å². The summed E-state index contributed by atoms with van der Waals surface area (Å²) in [6.07, 6.45) is 0.880. The molecule has 0 aliphatic carbocycles. The van der Waals surface area contributed by atoms with E-state index in [9.17, 15) is 4.79 Å². The SMILES string of the molecule is CNC.Cc1nc2c(s1)CN(C(=O)NC(C)C)CC2. The van der Waals surface area contributed by atoms with Gasteiger partial charge in [-0.15, -0.1) is 11.3 Å². The summed E-state index contributed by atoms with van der Waals surface area (Å²) < 4.78 is 0. The number of aromatic nitrogens is 1. The number of carbonyl (C=O) groups is 1. The first-order valence-corrected chi connectivity index (χ1v) is 7.38. The number of amides is 2. The van der Waals surface area contributed by atoms with Crippen molar-refractivity contribution in [3.8, 4) is 0 Å². The normalized spacial score (nSPS) is 13.7. The molecule has 1 aliphatic heterocycles. The van der Waals surface area contributed by atoms with E-state index in [1.165, 1.54) is 10.6 Å². The standard InChI is InChI=1S/C11H17N3OS.C2H7N/c1-7(2)12-11(15)14-5-4-9-10(6-14)16-8(3)13-9;1-3-2/h7H,4-6H2,1-3H3,(H,12,15);3H,1-2H3. The number of hydrogen-bond acceptors (Lipinski definition) is 4. The summed E-state index contributed by atoms with van der Waals surface area (Å²) in [5.74, 6) is 0. The number of aryl methyl sites for hydroxylation is 1. The van der Waals surface area contributed by atoms with Gasteiger partial charge in [0, 0.05) is 23.9 Å². The van der Waals surface area contributed by atoms with Crippen LogP contribution in [-0.4, -0.2) is 42.6 Å². The Morgan fingerprint density at radius 2 is 2.05 bits per heavy atom. The third-order valence-electron chi connectivity index (χ3n) is 2.54. The average Bonchev–Trinajstić information content (AvgIpc) is 2.67. The fourth-order valence-corrected chi connectivity index (χ4v) is 2.83. The molecule has 2 rings (SSSR count). The Bertz CT molecular complexity index is 417. The smallest absolute Gasteiger partial charge is 0.317 e. The van der Waals surface area contributed by atoms with Crippen LogP contribution in [0.3, 0.4) is 0 Å². The van der Waals surface area contributed by atoms with Gasteiger partial charge in [0.15, 0.2) is 0 Å².